The highest BCUT2D eigenvalue weighted by molar-refractivity contribution is 6.30. The summed E-state index contributed by atoms with van der Waals surface area (Å²) in [7, 11) is 0. The minimum absolute atomic E-state index is 0.0904. The molecule has 2 nitrogen and oxygen atoms in total. The summed E-state index contributed by atoms with van der Waals surface area (Å²) in [5, 5.41) is 0.759. The highest BCUT2D eigenvalue weighted by Crippen LogP contribution is 2.28. The van der Waals surface area contributed by atoms with Crippen molar-refractivity contribution in [3.05, 3.63) is 34.9 Å². The molecular formula is C12H16ClNO. The van der Waals surface area contributed by atoms with Crippen LogP contribution in [0.1, 0.15) is 24.4 Å². The normalized spacial score (nSPS) is 20.1. The summed E-state index contributed by atoms with van der Waals surface area (Å²) in [6, 6.07) is 7.93. The Hall–Kier alpha value is -0.570. The van der Waals surface area contributed by atoms with Gasteiger partial charge in [-0.2, -0.15) is 0 Å². The van der Waals surface area contributed by atoms with Crippen molar-refractivity contribution >= 4 is 11.6 Å². The van der Waals surface area contributed by atoms with Gasteiger partial charge in [0.15, 0.2) is 0 Å². The van der Waals surface area contributed by atoms with Gasteiger partial charge in [-0.25, -0.2) is 0 Å². The average molecular weight is 226 g/mol. The Labute approximate surface area is 95.4 Å². The first kappa shape index (κ1) is 10.9. The summed E-state index contributed by atoms with van der Waals surface area (Å²) in [5.41, 5.74) is 7.36. The second-order valence-corrected chi connectivity index (χ2v) is 4.47. The van der Waals surface area contributed by atoms with E-state index in [0.29, 0.717) is 5.92 Å². The molecule has 2 N–H and O–H groups in total. The number of hydrogen-bond donors (Lipinski definition) is 1. The van der Waals surface area contributed by atoms with E-state index in [4.69, 9.17) is 22.1 Å². The van der Waals surface area contributed by atoms with Crippen LogP contribution in [0.15, 0.2) is 24.3 Å². The van der Waals surface area contributed by atoms with E-state index in [0.717, 1.165) is 36.6 Å². The molecule has 1 heterocycles. The highest BCUT2D eigenvalue weighted by atomic mass is 35.5. The zero-order valence-electron chi connectivity index (χ0n) is 8.66. The predicted octanol–water partition coefficient (Wildman–Crippen LogP) is 2.77. The van der Waals surface area contributed by atoms with Gasteiger partial charge in [-0.3, -0.25) is 0 Å². The van der Waals surface area contributed by atoms with E-state index in [-0.39, 0.29) is 6.04 Å². The van der Waals surface area contributed by atoms with Gasteiger partial charge >= 0.3 is 0 Å². The van der Waals surface area contributed by atoms with Crippen LogP contribution in [0.5, 0.6) is 0 Å². The molecule has 0 bridgehead atoms. The van der Waals surface area contributed by atoms with E-state index >= 15 is 0 Å². The molecule has 2 rings (SSSR count). The topological polar surface area (TPSA) is 35.2 Å². The molecule has 1 unspecified atom stereocenters. The molecule has 1 aromatic carbocycles. The molecule has 0 spiro atoms. The fourth-order valence-electron chi connectivity index (χ4n) is 2.06. The van der Waals surface area contributed by atoms with E-state index in [1.807, 2.05) is 24.3 Å². The van der Waals surface area contributed by atoms with Gasteiger partial charge in [0, 0.05) is 24.3 Å². The molecule has 15 heavy (non-hydrogen) atoms. The number of rotatable bonds is 2. The zero-order chi connectivity index (χ0) is 10.7. The molecule has 1 atom stereocenters. The Morgan fingerprint density at radius 2 is 2.07 bits per heavy atom. The van der Waals surface area contributed by atoms with E-state index in [2.05, 4.69) is 0 Å². The molecule has 0 aliphatic carbocycles. The van der Waals surface area contributed by atoms with Gasteiger partial charge in [-0.15, -0.1) is 0 Å². The Kier molecular flexibility index (Phi) is 3.62. The van der Waals surface area contributed by atoms with Gasteiger partial charge in [0.2, 0.25) is 0 Å². The van der Waals surface area contributed by atoms with Gasteiger partial charge in [-0.1, -0.05) is 23.7 Å². The number of nitrogens with two attached hydrogens (primary N) is 1. The third kappa shape index (κ3) is 2.71. The largest absolute Gasteiger partial charge is 0.381 e. The van der Waals surface area contributed by atoms with Crippen molar-refractivity contribution in [2.24, 2.45) is 11.7 Å². The van der Waals surface area contributed by atoms with Crippen LogP contribution in [0.25, 0.3) is 0 Å². The van der Waals surface area contributed by atoms with Crippen molar-refractivity contribution in [3.63, 3.8) is 0 Å². The lowest BCUT2D eigenvalue weighted by atomic mass is 9.88. The second-order valence-electron chi connectivity index (χ2n) is 4.03. The Balaban J connectivity index is 2.08. The van der Waals surface area contributed by atoms with Crippen LogP contribution in [0.3, 0.4) is 0 Å². The molecule has 1 aromatic rings. The standard InChI is InChI=1S/C12H16ClNO/c13-11-3-1-2-10(8-11)12(14)9-4-6-15-7-5-9/h1-3,8-9,12H,4-7,14H2. The zero-order valence-corrected chi connectivity index (χ0v) is 9.41. The quantitative estimate of drug-likeness (QED) is 0.840. The summed E-state index contributed by atoms with van der Waals surface area (Å²) in [6.45, 7) is 1.66. The molecule has 3 heteroatoms. The van der Waals surface area contributed by atoms with Gasteiger partial charge in [0.1, 0.15) is 0 Å². The molecule has 1 aliphatic rings. The number of halogens is 1. The summed E-state index contributed by atoms with van der Waals surface area (Å²) in [5.74, 6) is 0.525. The second kappa shape index (κ2) is 4.97. The smallest absolute Gasteiger partial charge is 0.0469 e. The maximum atomic E-state index is 6.22. The monoisotopic (exact) mass is 225 g/mol. The van der Waals surface area contributed by atoms with Crippen molar-refractivity contribution in [1.29, 1.82) is 0 Å². The highest BCUT2D eigenvalue weighted by Gasteiger charge is 2.22. The summed E-state index contributed by atoms with van der Waals surface area (Å²) in [4.78, 5) is 0. The van der Waals surface area contributed by atoms with Crippen molar-refractivity contribution in [3.8, 4) is 0 Å². The Bertz CT molecular complexity index is 323. The Morgan fingerprint density at radius 3 is 2.73 bits per heavy atom. The number of benzene rings is 1. The lowest BCUT2D eigenvalue weighted by Crippen LogP contribution is -2.27. The number of hydrogen-bond acceptors (Lipinski definition) is 2. The molecule has 0 amide bonds. The van der Waals surface area contributed by atoms with Crippen molar-refractivity contribution < 1.29 is 4.74 Å². The molecule has 0 aromatic heterocycles. The SMILES string of the molecule is NC(c1cccc(Cl)c1)C1CCOCC1. The minimum Gasteiger partial charge on any atom is -0.381 e. The minimum atomic E-state index is 0.0904. The molecule has 1 fully saturated rings. The fraction of sp³-hybridized carbons (Fsp3) is 0.500. The van der Waals surface area contributed by atoms with Gasteiger partial charge in [-0.05, 0) is 36.5 Å². The number of ether oxygens (including phenoxy) is 1. The van der Waals surface area contributed by atoms with E-state index in [9.17, 15) is 0 Å². The molecule has 1 aliphatic heterocycles. The van der Waals surface area contributed by atoms with Gasteiger partial charge < -0.3 is 10.5 Å². The average Bonchev–Trinajstić information content (AvgIpc) is 2.29. The van der Waals surface area contributed by atoms with Crippen LogP contribution in [-0.2, 0) is 4.74 Å². The van der Waals surface area contributed by atoms with Crippen LogP contribution in [0.2, 0.25) is 5.02 Å². The van der Waals surface area contributed by atoms with Crippen molar-refractivity contribution in [2.45, 2.75) is 18.9 Å². The third-order valence-corrected chi connectivity index (χ3v) is 3.24. The molecule has 0 radical (unpaired) electrons. The predicted molar refractivity (Wildman–Crippen MR) is 61.9 cm³/mol. The van der Waals surface area contributed by atoms with Gasteiger partial charge in [0.05, 0.1) is 0 Å². The summed E-state index contributed by atoms with van der Waals surface area (Å²) < 4.78 is 5.33. The molecule has 1 saturated heterocycles. The Morgan fingerprint density at radius 1 is 1.33 bits per heavy atom. The lowest BCUT2D eigenvalue weighted by Gasteiger charge is -2.27. The third-order valence-electron chi connectivity index (χ3n) is 3.01. The fourth-order valence-corrected chi connectivity index (χ4v) is 2.26. The van der Waals surface area contributed by atoms with E-state index in [1.54, 1.807) is 0 Å². The summed E-state index contributed by atoms with van der Waals surface area (Å²) in [6.07, 6.45) is 2.10. The summed E-state index contributed by atoms with van der Waals surface area (Å²) >= 11 is 5.95. The molecule has 82 valence electrons. The van der Waals surface area contributed by atoms with Crippen molar-refractivity contribution in [1.82, 2.24) is 0 Å². The van der Waals surface area contributed by atoms with Crippen LogP contribution < -0.4 is 5.73 Å². The van der Waals surface area contributed by atoms with Crippen LogP contribution in [0.4, 0.5) is 0 Å². The first-order chi connectivity index (χ1) is 7.27. The first-order valence-electron chi connectivity index (χ1n) is 5.36. The van der Waals surface area contributed by atoms with Crippen LogP contribution in [-0.4, -0.2) is 13.2 Å². The van der Waals surface area contributed by atoms with E-state index in [1.165, 1.54) is 0 Å². The van der Waals surface area contributed by atoms with E-state index < -0.39 is 0 Å². The van der Waals surface area contributed by atoms with Crippen molar-refractivity contribution in [2.75, 3.05) is 13.2 Å². The van der Waals surface area contributed by atoms with Crippen LogP contribution >= 0.6 is 11.6 Å². The van der Waals surface area contributed by atoms with Gasteiger partial charge in [0.25, 0.3) is 0 Å². The molecular weight excluding hydrogens is 210 g/mol. The maximum Gasteiger partial charge on any atom is 0.0469 e. The lowest BCUT2D eigenvalue weighted by molar-refractivity contribution is 0.0584. The maximum absolute atomic E-state index is 6.22. The van der Waals surface area contributed by atoms with Crippen LogP contribution in [0, 0.1) is 5.92 Å². The first-order valence-corrected chi connectivity index (χ1v) is 5.74. The molecule has 0 saturated carbocycles.